The molecule has 0 aromatic heterocycles. The molecule has 1 aliphatic heterocycles. The van der Waals surface area contributed by atoms with Gasteiger partial charge in [0.15, 0.2) is 15.6 Å². The Kier molecular flexibility index (Phi) is 11.7. The van der Waals surface area contributed by atoms with Crippen molar-refractivity contribution >= 4 is 39.2 Å². The Bertz CT molecular complexity index is 1340. The molecule has 0 aliphatic carbocycles. The van der Waals surface area contributed by atoms with Gasteiger partial charge in [0.2, 0.25) is 0 Å². The van der Waals surface area contributed by atoms with Crippen LogP contribution in [0.25, 0.3) is 0 Å². The van der Waals surface area contributed by atoms with Crippen LogP contribution in [0.3, 0.4) is 0 Å². The summed E-state index contributed by atoms with van der Waals surface area (Å²) in [5.74, 6) is 0.605. The molecule has 1 aliphatic rings. The fraction of sp³-hybridized carbons (Fsp3) is 0.464. The number of aliphatic imine (C=N–C) groups is 1. The zero-order valence-corrected chi connectivity index (χ0v) is 25.3. The first-order valence-corrected chi connectivity index (χ1v) is 15.1. The minimum Gasteiger partial charge on any atom is -0.497 e. The molecule has 1 amide bonds. The second-order valence-corrected chi connectivity index (χ2v) is 12.6. The molecule has 1 heterocycles. The maximum atomic E-state index is 12.5. The van der Waals surface area contributed by atoms with Crippen LogP contribution < -0.4 is 15.4 Å². The Morgan fingerprint density at radius 2 is 1.83 bits per heavy atom. The topological polar surface area (TPSA) is 136 Å². The van der Waals surface area contributed by atoms with E-state index in [2.05, 4.69) is 15.6 Å². The standard InChI is InChI=1S/C28H37ClN4O7S/c1-28(2,3)40-27(35)33-13-11-32-26(33)21-7-5-20(6-8-21)16-31-17-22(34)18-39-14-12-30-19-41(36,37)25-10-9-23(38-4)15-24(25)29/h5-10,15,30-31H,11-14,16-19H2,1-4H3. The molecule has 0 radical (unpaired) electrons. The lowest BCUT2D eigenvalue weighted by Gasteiger charge is -2.25. The summed E-state index contributed by atoms with van der Waals surface area (Å²) >= 11 is 6.06. The monoisotopic (exact) mass is 608 g/mol. The number of carbonyl (C=O) groups is 2. The molecule has 0 fully saturated rings. The van der Waals surface area contributed by atoms with Gasteiger partial charge in [0, 0.05) is 24.7 Å². The van der Waals surface area contributed by atoms with Crippen molar-refractivity contribution < 1.29 is 32.2 Å². The zero-order valence-electron chi connectivity index (χ0n) is 23.7. The van der Waals surface area contributed by atoms with Gasteiger partial charge in [-0.05, 0) is 38.5 Å². The van der Waals surface area contributed by atoms with Crippen LogP contribution in [0.15, 0.2) is 52.4 Å². The number of methoxy groups -OCH3 is 1. The van der Waals surface area contributed by atoms with E-state index < -0.39 is 21.5 Å². The molecule has 3 rings (SSSR count). The average molecular weight is 609 g/mol. The third kappa shape index (κ3) is 10.1. The molecule has 0 saturated carbocycles. The van der Waals surface area contributed by atoms with Crippen LogP contribution in [0.4, 0.5) is 4.79 Å². The third-order valence-corrected chi connectivity index (χ3v) is 7.81. The van der Waals surface area contributed by atoms with E-state index in [1.54, 1.807) is 4.90 Å². The minimum atomic E-state index is -3.64. The minimum absolute atomic E-state index is 0.0133. The predicted molar refractivity (Wildman–Crippen MR) is 156 cm³/mol. The highest BCUT2D eigenvalue weighted by molar-refractivity contribution is 7.91. The van der Waals surface area contributed by atoms with Gasteiger partial charge >= 0.3 is 6.09 Å². The first-order valence-electron chi connectivity index (χ1n) is 13.1. The van der Waals surface area contributed by atoms with Crippen LogP contribution in [-0.2, 0) is 30.7 Å². The van der Waals surface area contributed by atoms with Crippen LogP contribution in [-0.4, -0.2) is 89.0 Å². The Labute approximate surface area is 246 Å². The maximum absolute atomic E-state index is 12.5. The van der Waals surface area contributed by atoms with Gasteiger partial charge in [-0.3, -0.25) is 14.7 Å². The van der Waals surface area contributed by atoms with Crippen LogP contribution >= 0.6 is 11.6 Å². The summed E-state index contributed by atoms with van der Waals surface area (Å²) in [4.78, 5) is 30.7. The molecule has 2 aromatic rings. The predicted octanol–water partition coefficient (Wildman–Crippen LogP) is 3.04. The number of nitrogens with one attached hydrogen (secondary N) is 2. The number of sulfone groups is 1. The molecule has 224 valence electrons. The van der Waals surface area contributed by atoms with E-state index in [9.17, 15) is 18.0 Å². The number of ether oxygens (including phenoxy) is 3. The van der Waals surface area contributed by atoms with Gasteiger partial charge in [-0.2, -0.15) is 0 Å². The quantitative estimate of drug-likeness (QED) is 0.310. The van der Waals surface area contributed by atoms with Crippen molar-refractivity contribution in [2.45, 2.75) is 37.8 Å². The number of halogens is 1. The van der Waals surface area contributed by atoms with E-state index in [0.29, 0.717) is 31.2 Å². The van der Waals surface area contributed by atoms with Crippen LogP contribution in [0.2, 0.25) is 5.02 Å². The van der Waals surface area contributed by atoms with Crippen LogP contribution in [0.5, 0.6) is 5.75 Å². The third-order valence-electron chi connectivity index (χ3n) is 5.77. The number of rotatable bonds is 14. The van der Waals surface area contributed by atoms with Gasteiger partial charge in [-0.15, -0.1) is 0 Å². The van der Waals surface area contributed by atoms with Gasteiger partial charge < -0.3 is 24.8 Å². The lowest BCUT2D eigenvalue weighted by atomic mass is 10.1. The lowest BCUT2D eigenvalue weighted by molar-refractivity contribution is -0.122. The van der Waals surface area contributed by atoms with Gasteiger partial charge in [-0.25, -0.2) is 13.2 Å². The van der Waals surface area contributed by atoms with E-state index in [0.717, 1.165) is 11.1 Å². The van der Waals surface area contributed by atoms with Gasteiger partial charge in [-0.1, -0.05) is 35.9 Å². The summed E-state index contributed by atoms with van der Waals surface area (Å²) in [5.41, 5.74) is 1.19. The summed E-state index contributed by atoms with van der Waals surface area (Å²) in [6.07, 6.45) is -0.417. The van der Waals surface area contributed by atoms with Gasteiger partial charge in [0.05, 0.1) is 43.3 Å². The molecule has 2 N–H and O–H groups in total. The number of hydrogen-bond donors (Lipinski definition) is 2. The van der Waals surface area contributed by atoms with Crippen molar-refractivity contribution in [2.75, 3.05) is 52.4 Å². The normalized spacial score (nSPS) is 13.7. The molecular weight excluding hydrogens is 572 g/mol. The first kappa shape index (κ1) is 32.5. The second-order valence-electron chi connectivity index (χ2n) is 10.3. The summed E-state index contributed by atoms with van der Waals surface area (Å²) in [7, 11) is -2.17. The van der Waals surface area contributed by atoms with Crippen molar-refractivity contribution in [1.29, 1.82) is 0 Å². The number of nitrogens with zero attached hydrogens (tertiary/aromatic N) is 2. The van der Waals surface area contributed by atoms with Crippen molar-refractivity contribution in [3.63, 3.8) is 0 Å². The highest BCUT2D eigenvalue weighted by atomic mass is 35.5. The zero-order chi connectivity index (χ0) is 30.0. The van der Waals surface area contributed by atoms with Crippen molar-refractivity contribution in [3.8, 4) is 5.75 Å². The smallest absolute Gasteiger partial charge is 0.416 e. The van der Waals surface area contributed by atoms with Gasteiger partial charge in [0.1, 0.15) is 29.7 Å². The summed E-state index contributed by atoms with van der Waals surface area (Å²) in [6.45, 7) is 7.40. The molecule has 0 saturated heterocycles. The van der Waals surface area contributed by atoms with E-state index in [-0.39, 0.29) is 47.9 Å². The van der Waals surface area contributed by atoms with Crippen molar-refractivity contribution in [3.05, 3.63) is 58.6 Å². The molecule has 41 heavy (non-hydrogen) atoms. The molecule has 13 heteroatoms. The lowest BCUT2D eigenvalue weighted by Crippen LogP contribution is -2.39. The molecular formula is C28H37ClN4O7S. The Hall–Kier alpha value is -3.03. The number of amidine groups is 1. The average Bonchev–Trinajstić information content (AvgIpc) is 3.40. The Morgan fingerprint density at radius 1 is 1.10 bits per heavy atom. The largest absolute Gasteiger partial charge is 0.497 e. The first-order chi connectivity index (χ1) is 19.4. The maximum Gasteiger partial charge on any atom is 0.416 e. The second kappa shape index (κ2) is 14.7. The number of benzene rings is 2. The molecule has 0 bridgehead atoms. The molecule has 11 nitrogen and oxygen atoms in total. The summed E-state index contributed by atoms with van der Waals surface area (Å²) < 4.78 is 40.8. The molecule has 0 spiro atoms. The van der Waals surface area contributed by atoms with E-state index in [4.69, 9.17) is 25.8 Å². The summed E-state index contributed by atoms with van der Waals surface area (Å²) in [5, 5.41) is 5.97. The van der Waals surface area contributed by atoms with Crippen LogP contribution in [0, 0.1) is 0 Å². The SMILES string of the molecule is COc1ccc(S(=O)(=O)CNCCOCC(=O)CNCc2ccc(C3=NCCN3C(=O)OC(C)(C)C)cc2)c(Cl)c1. The fourth-order valence-corrected chi connectivity index (χ4v) is 5.56. The van der Waals surface area contributed by atoms with Crippen molar-refractivity contribution in [2.24, 2.45) is 4.99 Å². The van der Waals surface area contributed by atoms with Gasteiger partial charge in [0.25, 0.3) is 0 Å². The van der Waals surface area contributed by atoms with E-state index >= 15 is 0 Å². The summed E-state index contributed by atoms with van der Waals surface area (Å²) in [6, 6.07) is 12.0. The highest BCUT2D eigenvalue weighted by Crippen LogP contribution is 2.26. The van der Waals surface area contributed by atoms with E-state index in [1.807, 2.05) is 45.0 Å². The molecule has 0 unspecified atom stereocenters. The van der Waals surface area contributed by atoms with Crippen molar-refractivity contribution in [1.82, 2.24) is 15.5 Å². The fourth-order valence-electron chi connectivity index (χ4n) is 3.83. The Balaban J connectivity index is 1.32. The number of ketones is 1. The van der Waals surface area contributed by atoms with E-state index in [1.165, 1.54) is 25.3 Å². The number of carbonyl (C=O) groups excluding carboxylic acids is 2. The Morgan fingerprint density at radius 3 is 2.49 bits per heavy atom. The molecule has 2 aromatic carbocycles. The highest BCUT2D eigenvalue weighted by Gasteiger charge is 2.29. The number of amides is 1. The molecule has 0 atom stereocenters. The van der Waals surface area contributed by atoms with Crippen LogP contribution in [0.1, 0.15) is 31.9 Å². The number of Topliss-reactive ketones (excluding diaryl/α,β-unsaturated/α-hetero) is 1. The number of hydrogen-bond acceptors (Lipinski definition) is 10.